The van der Waals surface area contributed by atoms with Crippen molar-refractivity contribution in [3.8, 4) is 33.4 Å². The van der Waals surface area contributed by atoms with Gasteiger partial charge in [0, 0.05) is 11.8 Å². The average Bonchev–Trinajstić information content (AvgIpc) is 3.82. The number of hydrogen-bond acceptors (Lipinski definition) is 0. The zero-order chi connectivity index (χ0) is 44.4. The fraction of sp³-hybridized carbons (Fsp3) is 0.273. The molecular weight excluding hydrogens is 793 g/mol. The molecule has 9 aliphatic rings. The van der Waals surface area contributed by atoms with Gasteiger partial charge in [-0.05, 0) is 200 Å². The largest absolute Gasteiger partial charge is 0.0839 e. The van der Waals surface area contributed by atoms with E-state index >= 15 is 0 Å². The minimum atomic E-state index is 0.0945. The van der Waals surface area contributed by atoms with Gasteiger partial charge in [0.25, 0.3) is 0 Å². The third-order valence-electron chi connectivity index (χ3n) is 17.3. The summed E-state index contributed by atoms with van der Waals surface area (Å²) in [6.07, 6.45) is 30.7. The van der Waals surface area contributed by atoms with Gasteiger partial charge in [0.2, 0.25) is 0 Å². The summed E-state index contributed by atoms with van der Waals surface area (Å²) in [4.78, 5) is 0. The van der Waals surface area contributed by atoms with E-state index in [9.17, 15) is 0 Å². The molecule has 0 saturated carbocycles. The Morgan fingerprint density at radius 3 is 2.12 bits per heavy atom. The highest BCUT2D eigenvalue weighted by Gasteiger charge is 2.45. The maximum atomic E-state index is 2.68. The number of hydrogen-bond donors (Lipinski definition) is 0. The summed E-state index contributed by atoms with van der Waals surface area (Å²) in [6.45, 7) is 14.3. The van der Waals surface area contributed by atoms with Crippen LogP contribution in [0, 0.1) is 40.4 Å². The van der Waals surface area contributed by atoms with Crippen molar-refractivity contribution < 1.29 is 0 Å². The fourth-order valence-electron chi connectivity index (χ4n) is 14.4. The molecule has 5 aromatic rings. The number of benzene rings is 5. The summed E-state index contributed by atoms with van der Waals surface area (Å²) in [5.41, 5.74) is 28.3. The van der Waals surface area contributed by atoms with Crippen LogP contribution in [-0.4, -0.2) is 0 Å². The third kappa shape index (κ3) is 5.39. The van der Waals surface area contributed by atoms with Gasteiger partial charge in [-0.15, -0.1) is 0 Å². The molecule has 322 valence electrons. The molecule has 0 saturated heterocycles. The first kappa shape index (κ1) is 39.0. The van der Waals surface area contributed by atoms with Gasteiger partial charge in [0.15, 0.2) is 0 Å². The lowest BCUT2D eigenvalue weighted by atomic mass is 9.62. The fourth-order valence-corrected chi connectivity index (χ4v) is 14.4. The Kier molecular flexibility index (Phi) is 8.07. The zero-order valence-electron chi connectivity index (χ0n) is 39.4. The van der Waals surface area contributed by atoms with Gasteiger partial charge in [-0.3, -0.25) is 0 Å². The lowest BCUT2D eigenvalue weighted by Crippen LogP contribution is -2.37. The normalized spacial score (nSPS) is 25.0. The summed E-state index contributed by atoms with van der Waals surface area (Å²) in [5.74, 6) is 2.36. The molecular formula is C66H58. The SMILES string of the molecule is CC(C)(C)C1=CC2C=CC3=C4C5=C(CC3)c3cc6c(-c7ccccc7)c7c(c(-c8ccccc8)c6cc3C5=CC(=C1)C42)-c1cccc2c1=C7CC1CC(C3CC=CC=C3C(C)(C)C)C=CC=21. The molecule has 0 spiro atoms. The van der Waals surface area contributed by atoms with E-state index in [1.165, 1.54) is 94.4 Å². The Morgan fingerprint density at radius 1 is 0.636 bits per heavy atom. The smallest absolute Gasteiger partial charge is 0.0196 e. The summed E-state index contributed by atoms with van der Waals surface area (Å²) < 4.78 is 0. The molecule has 0 bridgehead atoms. The Labute approximate surface area is 391 Å². The lowest BCUT2D eigenvalue weighted by Gasteiger charge is -2.42. The number of fused-ring (bicyclic) bond motifs is 8. The van der Waals surface area contributed by atoms with Crippen LogP contribution in [0.3, 0.4) is 0 Å². The summed E-state index contributed by atoms with van der Waals surface area (Å²) in [6, 6.07) is 35.5. The minimum absolute atomic E-state index is 0.0945. The summed E-state index contributed by atoms with van der Waals surface area (Å²) in [7, 11) is 0. The molecule has 0 fully saturated rings. The standard InChI is InChI=1S/C66H58/c1-65(2,3)44-31-41-25-24-39-26-29-48-50-35-53-54(36-51(50)52-34-43(32-44)57(41)60(39)62(48)52)58(37-16-9-7-10-17-37)63-49-22-15-21-47-45-28-27-40(46-20-13-14-23-56(46)66(4,5)6)30-42(45)33-55(61(47)49)64(63)59(53)38-18-11-8-12-19-38/h7-19,21-25,27-28,31-32,34-36,40-42,46,57H,20,26,29-30,33H2,1-6H3. The Morgan fingerprint density at radius 2 is 1.38 bits per heavy atom. The molecule has 5 atom stereocenters. The van der Waals surface area contributed by atoms with Crippen molar-refractivity contribution >= 4 is 33.1 Å². The molecule has 0 heterocycles. The second-order valence-corrected chi connectivity index (χ2v) is 22.9. The second kappa shape index (κ2) is 13.7. The minimum Gasteiger partial charge on any atom is -0.0839 e. The molecule has 0 aromatic heterocycles. The van der Waals surface area contributed by atoms with Crippen LogP contribution in [0.1, 0.15) is 90.3 Å². The van der Waals surface area contributed by atoms with Gasteiger partial charge < -0.3 is 0 Å². The Hall–Kier alpha value is -6.24. The van der Waals surface area contributed by atoms with Gasteiger partial charge in [-0.25, -0.2) is 0 Å². The van der Waals surface area contributed by atoms with Gasteiger partial charge >= 0.3 is 0 Å². The molecule has 14 rings (SSSR count). The van der Waals surface area contributed by atoms with Crippen molar-refractivity contribution in [2.24, 2.45) is 40.4 Å². The van der Waals surface area contributed by atoms with Gasteiger partial charge in [-0.1, -0.05) is 181 Å². The van der Waals surface area contributed by atoms with E-state index < -0.39 is 0 Å². The van der Waals surface area contributed by atoms with E-state index in [0.29, 0.717) is 29.6 Å². The molecule has 0 nitrogen and oxygen atoms in total. The van der Waals surface area contributed by atoms with Crippen molar-refractivity contribution in [1.82, 2.24) is 0 Å². The molecule has 0 amide bonds. The van der Waals surface area contributed by atoms with E-state index in [0.717, 1.165) is 25.7 Å². The molecule has 9 aliphatic carbocycles. The van der Waals surface area contributed by atoms with E-state index in [2.05, 4.69) is 193 Å². The average molecular weight is 851 g/mol. The van der Waals surface area contributed by atoms with E-state index in [1.54, 1.807) is 39.0 Å². The Balaban J connectivity index is 1.04. The van der Waals surface area contributed by atoms with Gasteiger partial charge in [-0.2, -0.15) is 0 Å². The van der Waals surface area contributed by atoms with Gasteiger partial charge in [0.1, 0.15) is 0 Å². The zero-order valence-corrected chi connectivity index (χ0v) is 39.4. The van der Waals surface area contributed by atoms with Crippen LogP contribution in [-0.2, 0) is 0 Å². The van der Waals surface area contributed by atoms with Gasteiger partial charge in [0.05, 0.1) is 0 Å². The predicted octanol–water partition coefficient (Wildman–Crippen LogP) is 15.6. The lowest BCUT2D eigenvalue weighted by molar-refractivity contribution is 0.322. The topological polar surface area (TPSA) is 0 Å². The van der Waals surface area contributed by atoms with Crippen LogP contribution in [0.2, 0.25) is 0 Å². The molecule has 0 heteroatoms. The Bertz CT molecular complexity index is 3490. The molecule has 5 unspecified atom stereocenters. The highest BCUT2D eigenvalue weighted by molar-refractivity contribution is 6.21. The molecule has 0 radical (unpaired) electrons. The molecule has 5 aromatic carbocycles. The van der Waals surface area contributed by atoms with Crippen molar-refractivity contribution in [1.29, 1.82) is 0 Å². The van der Waals surface area contributed by atoms with E-state index in [4.69, 9.17) is 0 Å². The van der Waals surface area contributed by atoms with Crippen LogP contribution >= 0.6 is 0 Å². The maximum Gasteiger partial charge on any atom is 0.0196 e. The molecule has 0 N–H and O–H groups in total. The van der Waals surface area contributed by atoms with E-state index in [-0.39, 0.29) is 10.8 Å². The van der Waals surface area contributed by atoms with Crippen molar-refractivity contribution in [3.63, 3.8) is 0 Å². The van der Waals surface area contributed by atoms with Crippen molar-refractivity contribution in [2.75, 3.05) is 0 Å². The third-order valence-corrected chi connectivity index (χ3v) is 17.3. The van der Waals surface area contributed by atoms with Crippen LogP contribution < -0.4 is 10.4 Å². The summed E-state index contributed by atoms with van der Waals surface area (Å²) >= 11 is 0. The summed E-state index contributed by atoms with van der Waals surface area (Å²) in [5, 5.41) is 5.71. The van der Waals surface area contributed by atoms with Crippen LogP contribution in [0.4, 0.5) is 0 Å². The monoisotopic (exact) mass is 850 g/mol. The maximum absolute atomic E-state index is 2.68. The highest BCUT2D eigenvalue weighted by atomic mass is 14.5. The van der Waals surface area contributed by atoms with Crippen LogP contribution in [0.15, 0.2) is 185 Å². The second-order valence-electron chi connectivity index (χ2n) is 22.9. The number of allylic oxidation sites excluding steroid dienone is 18. The number of rotatable bonds is 3. The van der Waals surface area contributed by atoms with Crippen LogP contribution in [0.5, 0.6) is 0 Å². The first-order valence-corrected chi connectivity index (χ1v) is 25.0. The first-order chi connectivity index (χ1) is 32.0. The molecule has 0 aliphatic heterocycles. The van der Waals surface area contributed by atoms with Crippen molar-refractivity contribution in [2.45, 2.75) is 73.6 Å². The molecule has 66 heavy (non-hydrogen) atoms. The van der Waals surface area contributed by atoms with Crippen LogP contribution in [0.25, 0.3) is 66.4 Å². The predicted molar refractivity (Wildman–Crippen MR) is 278 cm³/mol. The quantitative estimate of drug-likeness (QED) is 0.170. The van der Waals surface area contributed by atoms with E-state index in [1.807, 2.05) is 0 Å². The first-order valence-electron chi connectivity index (χ1n) is 25.0. The highest BCUT2D eigenvalue weighted by Crippen LogP contribution is 2.62. The van der Waals surface area contributed by atoms with Crippen molar-refractivity contribution in [3.05, 3.63) is 212 Å².